The van der Waals surface area contributed by atoms with Crippen molar-refractivity contribution in [2.75, 3.05) is 0 Å². The standard InChI is InChI=1S/C15H14F3N3O2/c1-9-2-7-12(22)21(9)8-10-3-5-11(6-4-10)13-19-14(23-20-13)15(16,17)18/h3-6,9H,2,7-8H2,1H3. The van der Waals surface area contributed by atoms with Gasteiger partial charge in [0.05, 0.1) is 0 Å². The maximum atomic E-state index is 12.4. The van der Waals surface area contributed by atoms with Gasteiger partial charge in [0.2, 0.25) is 11.7 Å². The number of carbonyl (C=O) groups is 1. The summed E-state index contributed by atoms with van der Waals surface area (Å²) in [6, 6.07) is 6.93. The molecule has 1 aliphatic heterocycles. The SMILES string of the molecule is CC1CCC(=O)N1Cc1ccc(-c2noc(C(F)(F)F)n2)cc1. The van der Waals surface area contributed by atoms with Gasteiger partial charge >= 0.3 is 12.1 Å². The molecule has 1 amide bonds. The van der Waals surface area contributed by atoms with Crippen molar-refractivity contribution in [3.63, 3.8) is 0 Å². The Bertz CT molecular complexity index is 710. The minimum Gasteiger partial charge on any atom is -0.336 e. The molecule has 2 aromatic rings. The molecule has 0 spiro atoms. The lowest BCUT2D eigenvalue weighted by atomic mass is 10.1. The normalized spacial score (nSPS) is 18.7. The third-order valence-corrected chi connectivity index (χ3v) is 3.86. The van der Waals surface area contributed by atoms with Crippen LogP contribution in [0.5, 0.6) is 0 Å². The maximum absolute atomic E-state index is 12.4. The van der Waals surface area contributed by atoms with Crippen molar-refractivity contribution in [1.82, 2.24) is 15.0 Å². The topological polar surface area (TPSA) is 59.2 Å². The average molecular weight is 325 g/mol. The second-order valence-electron chi connectivity index (χ2n) is 5.53. The quantitative estimate of drug-likeness (QED) is 0.869. The number of hydrogen-bond donors (Lipinski definition) is 0. The van der Waals surface area contributed by atoms with Crippen LogP contribution in [-0.2, 0) is 17.5 Å². The number of benzene rings is 1. The zero-order valence-electron chi connectivity index (χ0n) is 12.3. The molecule has 5 nitrogen and oxygen atoms in total. The van der Waals surface area contributed by atoms with Gasteiger partial charge in [-0.05, 0) is 18.9 Å². The predicted molar refractivity (Wildman–Crippen MR) is 74.0 cm³/mol. The largest absolute Gasteiger partial charge is 0.471 e. The highest BCUT2D eigenvalue weighted by Crippen LogP contribution is 2.29. The van der Waals surface area contributed by atoms with Crippen molar-refractivity contribution in [3.05, 3.63) is 35.7 Å². The molecule has 3 rings (SSSR count). The summed E-state index contributed by atoms with van der Waals surface area (Å²) >= 11 is 0. The Morgan fingerprint density at radius 3 is 2.52 bits per heavy atom. The molecule has 0 bridgehead atoms. The van der Waals surface area contributed by atoms with Gasteiger partial charge in [0, 0.05) is 24.6 Å². The van der Waals surface area contributed by atoms with E-state index in [1.54, 1.807) is 29.2 Å². The van der Waals surface area contributed by atoms with Gasteiger partial charge in [-0.15, -0.1) is 0 Å². The van der Waals surface area contributed by atoms with Crippen molar-refractivity contribution in [2.45, 2.75) is 38.5 Å². The number of amides is 1. The van der Waals surface area contributed by atoms with Crippen molar-refractivity contribution in [1.29, 1.82) is 0 Å². The molecule has 1 unspecified atom stereocenters. The van der Waals surface area contributed by atoms with Gasteiger partial charge < -0.3 is 9.42 Å². The van der Waals surface area contributed by atoms with Gasteiger partial charge in [-0.2, -0.15) is 18.2 Å². The van der Waals surface area contributed by atoms with Gasteiger partial charge in [-0.1, -0.05) is 29.4 Å². The van der Waals surface area contributed by atoms with E-state index in [-0.39, 0.29) is 17.8 Å². The Balaban J connectivity index is 1.74. The van der Waals surface area contributed by atoms with Crippen LogP contribution >= 0.6 is 0 Å². The number of hydrogen-bond acceptors (Lipinski definition) is 4. The fourth-order valence-corrected chi connectivity index (χ4v) is 2.53. The highest BCUT2D eigenvalue weighted by atomic mass is 19.4. The van der Waals surface area contributed by atoms with Crippen LogP contribution < -0.4 is 0 Å². The van der Waals surface area contributed by atoms with E-state index in [1.807, 2.05) is 6.92 Å². The summed E-state index contributed by atoms with van der Waals surface area (Å²) in [5.41, 5.74) is 1.32. The lowest BCUT2D eigenvalue weighted by Gasteiger charge is -2.21. The molecule has 1 aromatic carbocycles. The highest BCUT2D eigenvalue weighted by molar-refractivity contribution is 5.78. The van der Waals surface area contributed by atoms with E-state index in [0.29, 0.717) is 18.5 Å². The highest BCUT2D eigenvalue weighted by Gasteiger charge is 2.38. The number of halogens is 3. The third-order valence-electron chi connectivity index (χ3n) is 3.86. The minimum atomic E-state index is -4.66. The molecule has 8 heteroatoms. The number of nitrogens with zero attached hydrogens (tertiary/aromatic N) is 3. The van der Waals surface area contributed by atoms with Gasteiger partial charge in [0.25, 0.3) is 0 Å². The monoisotopic (exact) mass is 325 g/mol. The van der Waals surface area contributed by atoms with Crippen LogP contribution in [0.15, 0.2) is 28.8 Å². The average Bonchev–Trinajstić information content (AvgIpc) is 3.10. The number of carbonyl (C=O) groups excluding carboxylic acids is 1. The summed E-state index contributed by atoms with van der Waals surface area (Å²) in [5, 5.41) is 3.34. The summed E-state index contributed by atoms with van der Waals surface area (Å²) in [6.45, 7) is 2.48. The first-order valence-corrected chi connectivity index (χ1v) is 7.14. The third kappa shape index (κ3) is 3.20. The van der Waals surface area contributed by atoms with Crippen LogP contribution in [0.25, 0.3) is 11.4 Å². The van der Waals surface area contributed by atoms with Gasteiger partial charge in [-0.25, -0.2) is 0 Å². The van der Waals surface area contributed by atoms with Crippen LogP contribution in [0, 0.1) is 0 Å². The Labute approximate surface area is 130 Å². The van der Waals surface area contributed by atoms with Crippen molar-refractivity contribution in [2.24, 2.45) is 0 Å². The lowest BCUT2D eigenvalue weighted by Crippen LogP contribution is -2.30. The summed E-state index contributed by atoms with van der Waals surface area (Å²) < 4.78 is 41.6. The molecule has 0 radical (unpaired) electrons. The molecule has 1 saturated heterocycles. The zero-order chi connectivity index (χ0) is 16.6. The number of aromatic nitrogens is 2. The molecule has 1 fully saturated rings. The van der Waals surface area contributed by atoms with E-state index >= 15 is 0 Å². The van der Waals surface area contributed by atoms with Gasteiger partial charge in [-0.3, -0.25) is 4.79 Å². The van der Waals surface area contributed by atoms with E-state index < -0.39 is 12.1 Å². The second kappa shape index (κ2) is 5.68. The predicted octanol–water partition coefficient (Wildman–Crippen LogP) is 3.27. The number of likely N-dealkylation sites (tertiary alicyclic amines) is 1. The first kappa shape index (κ1) is 15.5. The molecule has 0 saturated carbocycles. The molecule has 2 heterocycles. The summed E-state index contributed by atoms with van der Waals surface area (Å²) in [7, 11) is 0. The van der Waals surface area contributed by atoms with Crippen LogP contribution in [0.4, 0.5) is 13.2 Å². The zero-order valence-corrected chi connectivity index (χ0v) is 12.3. The lowest BCUT2D eigenvalue weighted by molar-refractivity contribution is -0.159. The van der Waals surface area contributed by atoms with E-state index in [9.17, 15) is 18.0 Å². The first-order chi connectivity index (χ1) is 10.8. The van der Waals surface area contributed by atoms with Crippen molar-refractivity contribution in [3.8, 4) is 11.4 Å². The van der Waals surface area contributed by atoms with E-state index in [1.165, 1.54) is 0 Å². The first-order valence-electron chi connectivity index (χ1n) is 7.14. The van der Waals surface area contributed by atoms with E-state index in [4.69, 9.17) is 0 Å². The number of rotatable bonds is 3. The Hall–Kier alpha value is -2.38. The van der Waals surface area contributed by atoms with Crippen molar-refractivity contribution < 1.29 is 22.5 Å². The van der Waals surface area contributed by atoms with Crippen LogP contribution in [0.2, 0.25) is 0 Å². The smallest absolute Gasteiger partial charge is 0.336 e. The van der Waals surface area contributed by atoms with E-state index in [0.717, 1.165) is 12.0 Å². The Morgan fingerprint density at radius 2 is 2.00 bits per heavy atom. The summed E-state index contributed by atoms with van der Waals surface area (Å²) in [4.78, 5) is 16.9. The van der Waals surface area contributed by atoms with Gasteiger partial charge in [0.1, 0.15) is 0 Å². The van der Waals surface area contributed by atoms with E-state index in [2.05, 4.69) is 14.7 Å². The molecular weight excluding hydrogens is 311 g/mol. The Morgan fingerprint density at radius 1 is 1.30 bits per heavy atom. The molecule has 23 heavy (non-hydrogen) atoms. The van der Waals surface area contributed by atoms with Crippen LogP contribution in [-0.4, -0.2) is 27.0 Å². The molecule has 1 aromatic heterocycles. The molecule has 1 atom stereocenters. The van der Waals surface area contributed by atoms with Crippen LogP contribution in [0.3, 0.4) is 0 Å². The molecule has 1 aliphatic rings. The molecular formula is C15H14F3N3O2. The molecule has 122 valence electrons. The summed E-state index contributed by atoms with van der Waals surface area (Å²) in [5.74, 6) is -1.36. The fourth-order valence-electron chi connectivity index (χ4n) is 2.53. The maximum Gasteiger partial charge on any atom is 0.471 e. The minimum absolute atomic E-state index is 0.116. The summed E-state index contributed by atoms with van der Waals surface area (Å²) in [6.07, 6.45) is -3.25. The van der Waals surface area contributed by atoms with Crippen LogP contribution in [0.1, 0.15) is 31.2 Å². The van der Waals surface area contributed by atoms with Crippen molar-refractivity contribution >= 4 is 5.91 Å². The Kier molecular flexibility index (Phi) is 3.83. The number of alkyl halides is 3. The molecule has 0 N–H and O–H groups in total. The molecule has 0 aliphatic carbocycles. The second-order valence-corrected chi connectivity index (χ2v) is 5.53. The van der Waals surface area contributed by atoms with Gasteiger partial charge in [0.15, 0.2) is 0 Å². The fraction of sp³-hybridized carbons (Fsp3) is 0.400.